The first kappa shape index (κ1) is 62.3. The number of rotatable bonds is 48. The summed E-state index contributed by atoms with van der Waals surface area (Å²) < 4.78 is 16.7. The third-order valence-electron chi connectivity index (χ3n) is 11.4. The maximum absolute atomic E-state index is 12.8. The highest BCUT2D eigenvalue weighted by Gasteiger charge is 2.19. The third kappa shape index (κ3) is 51.3. The lowest BCUT2D eigenvalue weighted by Crippen LogP contribution is -2.30. The van der Waals surface area contributed by atoms with Crippen molar-refractivity contribution in [1.82, 2.24) is 0 Å². The number of hydrogen-bond donors (Lipinski definition) is 0. The van der Waals surface area contributed by atoms with E-state index >= 15 is 0 Å². The van der Waals surface area contributed by atoms with Crippen LogP contribution in [0.4, 0.5) is 0 Å². The summed E-state index contributed by atoms with van der Waals surface area (Å²) in [5.41, 5.74) is 0. The Balaban J connectivity index is 4.51. The van der Waals surface area contributed by atoms with Gasteiger partial charge in [0.25, 0.3) is 0 Å². The molecule has 0 N–H and O–H groups in total. The lowest BCUT2D eigenvalue weighted by molar-refractivity contribution is -0.167. The van der Waals surface area contributed by atoms with Crippen molar-refractivity contribution in [2.45, 2.75) is 252 Å². The van der Waals surface area contributed by atoms with Gasteiger partial charge in [0.2, 0.25) is 0 Å². The highest BCUT2D eigenvalue weighted by molar-refractivity contribution is 5.71. The average Bonchev–Trinajstić information content (AvgIpc) is 3.31. The van der Waals surface area contributed by atoms with Crippen LogP contribution < -0.4 is 0 Å². The summed E-state index contributed by atoms with van der Waals surface area (Å²) in [5, 5.41) is 0. The van der Waals surface area contributed by atoms with Crippen LogP contribution in [0.25, 0.3) is 0 Å². The summed E-state index contributed by atoms with van der Waals surface area (Å²) >= 11 is 0. The van der Waals surface area contributed by atoms with Gasteiger partial charge >= 0.3 is 17.9 Å². The minimum atomic E-state index is -0.824. The molecule has 0 heterocycles. The van der Waals surface area contributed by atoms with Gasteiger partial charge in [-0.1, -0.05) is 227 Å². The summed E-state index contributed by atoms with van der Waals surface area (Å²) in [5.74, 6) is -1.02. The SMILES string of the molecule is CC/C=C/C=C/C=C/C=C/CCCCCC(=O)OCC(COC(=O)CCCCCCC/C=C/CCCCCCCCCCC)OC(=O)CCC/C=C/C/C=C/C/C=C/CCCCCCCC. The van der Waals surface area contributed by atoms with Crippen molar-refractivity contribution in [3.8, 4) is 0 Å². The van der Waals surface area contributed by atoms with Gasteiger partial charge in [0.05, 0.1) is 0 Å². The van der Waals surface area contributed by atoms with Gasteiger partial charge in [-0.25, -0.2) is 0 Å². The minimum absolute atomic E-state index is 0.115. The Bertz CT molecular complexity index is 1330. The molecule has 66 heavy (non-hydrogen) atoms. The van der Waals surface area contributed by atoms with E-state index in [1.807, 2.05) is 36.5 Å². The molecule has 0 amide bonds. The van der Waals surface area contributed by atoms with Crippen molar-refractivity contribution in [2.24, 2.45) is 0 Å². The standard InChI is InChI=1S/C60H100O6/c1-4-7-10-13-16-19-22-25-27-29-31-32-35-38-41-44-47-50-53-59(62)65-56-57(55-64-58(61)52-49-46-43-40-37-34-24-21-18-15-12-9-6-3)66-60(63)54-51-48-45-42-39-36-33-30-28-26-23-20-17-14-11-8-5-2/h9,12,15,18,21,24,26,28,31-34,36-37,42,45,57H,4-8,10-11,13-14,16-17,19-20,22-23,25,27,29-30,35,38-41,43-44,46-56H2,1-3H3/b12-9+,18-15+,24-21+,28-26+,32-31+,36-33+,37-34+,45-42+. The Morgan fingerprint density at radius 1 is 0.333 bits per heavy atom. The number of carbonyl (C=O) groups excluding carboxylic acids is 3. The van der Waals surface area contributed by atoms with E-state index in [1.165, 1.54) is 116 Å². The maximum Gasteiger partial charge on any atom is 0.306 e. The highest BCUT2D eigenvalue weighted by Crippen LogP contribution is 2.14. The number of esters is 3. The van der Waals surface area contributed by atoms with E-state index < -0.39 is 6.10 Å². The molecule has 0 aromatic carbocycles. The van der Waals surface area contributed by atoms with E-state index in [4.69, 9.17) is 14.2 Å². The third-order valence-corrected chi connectivity index (χ3v) is 11.4. The molecule has 0 aromatic rings. The van der Waals surface area contributed by atoms with Crippen LogP contribution >= 0.6 is 0 Å². The lowest BCUT2D eigenvalue weighted by Gasteiger charge is -2.18. The van der Waals surface area contributed by atoms with Crippen molar-refractivity contribution in [3.63, 3.8) is 0 Å². The molecular formula is C60H100O6. The molecule has 0 radical (unpaired) electrons. The fourth-order valence-corrected chi connectivity index (χ4v) is 7.29. The quantitative estimate of drug-likeness (QED) is 0.0199. The molecular weight excluding hydrogens is 817 g/mol. The fourth-order valence-electron chi connectivity index (χ4n) is 7.29. The Kier molecular flexibility index (Phi) is 50.9. The summed E-state index contributed by atoms with van der Waals surface area (Å²) in [7, 11) is 0. The molecule has 1 atom stereocenters. The second kappa shape index (κ2) is 53.9. The molecule has 1 unspecified atom stereocenters. The summed E-state index contributed by atoms with van der Waals surface area (Å²) in [6.07, 6.45) is 71.2. The van der Waals surface area contributed by atoms with Crippen LogP contribution in [0.5, 0.6) is 0 Å². The first-order valence-corrected chi connectivity index (χ1v) is 27.3. The van der Waals surface area contributed by atoms with Crippen molar-refractivity contribution < 1.29 is 28.6 Å². The van der Waals surface area contributed by atoms with Crippen molar-refractivity contribution in [3.05, 3.63) is 97.2 Å². The van der Waals surface area contributed by atoms with Crippen LogP contribution in [0, 0.1) is 0 Å². The molecule has 0 saturated heterocycles. The molecule has 0 aromatic heterocycles. The number of hydrogen-bond acceptors (Lipinski definition) is 6. The van der Waals surface area contributed by atoms with E-state index in [9.17, 15) is 14.4 Å². The molecule has 0 fully saturated rings. The second-order valence-electron chi connectivity index (χ2n) is 17.8. The van der Waals surface area contributed by atoms with Gasteiger partial charge < -0.3 is 14.2 Å². The topological polar surface area (TPSA) is 78.9 Å². The minimum Gasteiger partial charge on any atom is -0.462 e. The smallest absolute Gasteiger partial charge is 0.306 e. The molecule has 0 bridgehead atoms. The van der Waals surface area contributed by atoms with Gasteiger partial charge in [-0.15, -0.1) is 0 Å². The molecule has 376 valence electrons. The Morgan fingerprint density at radius 3 is 1.14 bits per heavy atom. The van der Waals surface area contributed by atoms with E-state index in [1.54, 1.807) is 0 Å². The summed E-state index contributed by atoms with van der Waals surface area (Å²) in [6.45, 7) is 6.41. The average molecular weight is 917 g/mol. The number of unbranched alkanes of at least 4 members (excludes halogenated alkanes) is 24. The van der Waals surface area contributed by atoms with Gasteiger partial charge in [-0.3, -0.25) is 14.4 Å². The highest BCUT2D eigenvalue weighted by atomic mass is 16.6. The van der Waals surface area contributed by atoms with Gasteiger partial charge in [0.15, 0.2) is 6.10 Å². The van der Waals surface area contributed by atoms with E-state index in [0.717, 1.165) is 83.5 Å². The number of ether oxygens (including phenoxy) is 3. The maximum atomic E-state index is 12.8. The molecule has 0 aliphatic heterocycles. The van der Waals surface area contributed by atoms with Gasteiger partial charge in [-0.05, 0) is 96.3 Å². The Labute approximate surface area is 407 Å². The molecule has 0 spiro atoms. The molecule has 0 saturated carbocycles. The zero-order valence-electron chi connectivity index (χ0n) is 42.9. The normalized spacial score (nSPS) is 12.8. The summed E-state index contributed by atoms with van der Waals surface area (Å²) in [6, 6.07) is 0. The van der Waals surface area contributed by atoms with Crippen LogP contribution in [0.1, 0.15) is 245 Å². The number of carbonyl (C=O) groups is 3. The van der Waals surface area contributed by atoms with Crippen LogP contribution in [-0.4, -0.2) is 37.2 Å². The van der Waals surface area contributed by atoms with E-state index in [0.29, 0.717) is 19.3 Å². The van der Waals surface area contributed by atoms with Gasteiger partial charge in [0.1, 0.15) is 13.2 Å². The predicted octanol–water partition coefficient (Wildman–Crippen LogP) is 18.1. The first-order chi connectivity index (χ1) is 32.5. The van der Waals surface area contributed by atoms with Crippen molar-refractivity contribution in [2.75, 3.05) is 13.2 Å². The van der Waals surface area contributed by atoms with Crippen molar-refractivity contribution in [1.29, 1.82) is 0 Å². The molecule has 0 aliphatic carbocycles. The van der Waals surface area contributed by atoms with Gasteiger partial charge in [-0.2, -0.15) is 0 Å². The van der Waals surface area contributed by atoms with E-state index in [2.05, 4.69) is 81.5 Å². The van der Waals surface area contributed by atoms with Gasteiger partial charge in [0, 0.05) is 19.3 Å². The Hall–Kier alpha value is -3.67. The summed E-state index contributed by atoms with van der Waals surface area (Å²) in [4.78, 5) is 38.0. The van der Waals surface area contributed by atoms with Crippen LogP contribution in [0.3, 0.4) is 0 Å². The second-order valence-corrected chi connectivity index (χ2v) is 17.8. The monoisotopic (exact) mass is 917 g/mol. The fraction of sp³-hybridized carbons (Fsp3) is 0.683. The Morgan fingerprint density at radius 2 is 0.667 bits per heavy atom. The van der Waals surface area contributed by atoms with Crippen molar-refractivity contribution >= 4 is 17.9 Å². The lowest BCUT2D eigenvalue weighted by atomic mass is 10.1. The zero-order chi connectivity index (χ0) is 47.9. The largest absolute Gasteiger partial charge is 0.462 e. The van der Waals surface area contributed by atoms with Crippen LogP contribution in [-0.2, 0) is 28.6 Å². The molecule has 6 heteroatoms. The van der Waals surface area contributed by atoms with Crippen LogP contribution in [0.15, 0.2) is 97.2 Å². The number of allylic oxidation sites excluding steroid dienone is 16. The molecule has 6 nitrogen and oxygen atoms in total. The predicted molar refractivity (Wildman–Crippen MR) is 284 cm³/mol. The first-order valence-electron chi connectivity index (χ1n) is 27.3. The molecule has 0 rings (SSSR count). The van der Waals surface area contributed by atoms with Crippen LogP contribution in [0.2, 0.25) is 0 Å². The molecule has 0 aliphatic rings. The van der Waals surface area contributed by atoms with E-state index in [-0.39, 0.29) is 37.5 Å². The zero-order valence-corrected chi connectivity index (χ0v) is 42.9.